The minimum absolute atomic E-state index is 0.0317. The predicted molar refractivity (Wildman–Crippen MR) is 64.5 cm³/mol. The number of hydrogen-bond acceptors (Lipinski definition) is 4. The number of phenolic OH excluding ortho intramolecular Hbond substituents is 1. The molecule has 0 bridgehead atoms. The standard InChI is InChI=1S/C12H15FN4O/c1-9(11-3-2-10(13)8-12(11)18)14-4-6-17-7-5-15-16-17/h2-3,5,7-9,14,18H,4,6H2,1H3. The van der Waals surface area contributed by atoms with Gasteiger partial charge in [0.1, 0.15) is 11.6 Å². The zero-order valence-electron chi connectivity index (χ0n) is 10.0. The van der Waals surface area contributed by atoms with Gasteiger partial charge >= 0.3 is 0 Å². The Morgan fingerprint density at radius 3 is 3.00 bits per heavy atom. The number of aromatic hydroxyl groups is 1. The van der Waals surface area contributed by atoms with Gasteiger partial charge in [0.05, 0.1) is 12.7 Å². The fourth-order valence-corrected chi connectivity index (χ4v) is 1.74. The van der Waals surface area contributed by atoms with Gasteiger partial charge in [-0.25, -0.2) is 4.39 Å². The number of rotatable bonds is 5. The molecule has 0 fully saturated rings. The summed E-state index contributed by atoms with van der Waals surface area (Å²) in [5, 5.41) is 20.4. The first-order valence-corrected chi connectivity index (χ1v) is 5.72. The normalized spacial score (nSPS) is 12.6. The maximum atomic E-state index is 12.8. The van der Waals surface area contributed by atoms with E-state index in [1.807, 2.05) is 6.92 Å². The Labute approximate surface area is 104 Å². The van der Waals surface area contributed by atoms with Crippen LogP contribution in [0.3, 0.4) is 0 Å². The second-order valence-electron chi connectivity index (χ2n) is 4.05. The van der Waals surface area contributed by atoms with Gasteiger partial charge in [-0.3, -0.25) is 4.68 Å². The fourth-order valence-electron chi connectivity index (χ4n) is 1.74. The van der Waals surface area contributed by atoms with Crippen molar-refractivity contribution in [1.82, 2.24) is 20.3 Å². The predicted octanol–water partition coefficient (Wildman–Crippen LogP) is 1.47. The highest BCUT2D eigenvalue weighted by Gasteiger charge is 2.10. The smallest absolute Gasteiger partial charge is 0.126 e. The van der Waals surface area contributed by atoms with Crippen molar-refractivity contribution in [2.45, 2.75) is 19.5 Å². The first-order chi connectivity index (χ1) is 8.66. The average Bonchev–Trinajstić information content (AvgIpc) is 2.81. The van der Waals surface area contributed by atoms with E-state index in [2.05, 4.69) is 15.6 Å². The van der Waals surface area contributed by atoms with Gasteiger partial charge in [0, 0.05) is 30.4 Å². The SMILES string of the molecule is CC(NCCn1ccnn1)c1ccc(F)cc1O. The van der Waals surface area contributed by atoms with Gasteiger partial charge in [-0.2, -0.15) is 0 Å². The first-order valence-electron chi connectivity index (χ1n) is 5.72. The highest BCUT2D eigenvalue weighted by molar-refractivity contribution is 5.34. The Bertz CT molecular complexity index is 501. The molecule has 1 atom stereocenters. The first kappa shape index (κ1) is 12.5. The van der Waals surface area contributed by atoms with Crippen LogP contribution in [0.2, 0.25) is 0 Å². The third-order valence-electron chi connectivity index (χ3n) is 2.72. The lowest BCUT2D eigenvalue weighted by molar-refractivity contribution is 0.440. The maximum Gasteiger partial charge on any atom is 0.126 e. The molecule has 0 aliphatic rings. The van der Waals surface area contributed by atoms with E-state index < -0.39 is 5.82 Å². The van der Waals surface area contributed by atoms with Gasteiger partial charge in [-0.15, -0.1) is 5.10 Å². The van der Waals surface area contributed by atoms with Gasteiger partial charge in [0.25, 0.3) is 0 Å². The maximum absolute atomic E-state index is 12.8. The molecular weight excluding hydrogens is 235 g/mol. The average molecular weight is 250 g/mol. The second-order valence-corrected chi connectivity index (χ2v) is 4.05. The molecular formula is C12H15FN4O. The highest BCUT2D eigenvalue weighted by atomic mass is 19.1. The summed E-state index contributed by atoms with van der Waals surface area (Å²) in [5.74, 6) is -0.471. The Morgan fingerprint density at radius 2 is 2.33 bits per heavy atom. The van der Waals surface area contributed by atoms with Gasteiger partial charge in [-0.05, 0) is 13.0 Å². The van der Waals surface area contributed by atoms with Crippen LogP contribution in [0.5, 0.6) is 5.75 Å². The van der Waals surface area contributed by atoms with Crippen molar-refractivity contribution in [2.75, 3.05) is 6.54 Å². The van der Waals surface area contributed by atoms with Crippen molar-refractivity contribution in [3.63, 3.8) is 0 Å². The minimum atomic E-state index is -0.439. The summed E-state index contributed by atoms with van der Waals surface area (Å²) in [7, 11) is 0. The molecule has 2 rings (SSSR count). The highest BCUT2D eigenvalue weighted by Crippen LogP contribution is 2.24. The topological polar surface area (TPSA) is 63.0 Å². The number of nitrogens with zero attached hydrogens (tertiary/aromatic N) is 3. The van der Waals surface area contributed by atoms with Crippen LogP contribution >= 0.6 is 0 Å². The van der Waals surface area contributed by atoms with Crippen LogP contribution in [-0.4, -0.2) is 26.6 Å². The van der Waals surface area contributed by atoms with Crippen LogP contribution in [0.25, 0.3) is 0 Å². The Hall–Kier alpha value is -1.95. The van der Waals surface area contributed by atoms with Gasteiger partial charge in [0.15, 0.2) is 0 Å². The number of benzene rings is 1. The molecule has 1 aromatic heterocycles. The molecule has 6 heteroatoms. The van der Waals surface area contributed by atoms with E-state index >= 15 is 0 Å². The largest absolute Gasteiger partial charge is 0.508 e. The molecule has 0 aliphatic heterocycles. The van der Waals surface area contributed by atoms with Crippen LogP contribution in [0.1, 0.15) is 18.5 Å². The van der Waals surface area contributed by atoms with Gasteiger partial charge in [-0.1, -0.05) is 11.3 Å². The molecule has 2 N–H and O–H groups in total. The molecule has 1 aromatic carbocycles. The minimum Gasteiger partial charge on any atom is -0.508 e. The summed E-state index contributed by atoms with van der Waals surface area (Å²) >= 11 is 0. The van der Waals surface area contributed by atoms with Crippen molar-refractivity contribution in [3.8, 4) is 5.75 Å². The number of phenols is 1. The summed E-state index contributed by atoms with van der Waals surface area (Å²) in [4.78, 5) is 0. The molecule has 0 aliphatic carbocycles. The van der Waals surface area contributed by atoms with E-state index in [0.29, 0.717) is 18.7 Å². The van der Waals surface area contributed by atoms with Crippen LogP contribution in [0, 0.1) is 5.82 Å². The number of nitrogens with one attached hydrogen (secondary N) is 1. The van der Waals surface area contributed by atoms with Crippen LogP contribution in [-0.2, 0) is 6.54 Å². The van der Waals surface area contributed by atoms with Crippen molar-refractivity contribution in [1.29, 1.82) is 0 Å². The number of halogens is 1. The van der Waals surface area contributed by atoms with Crippen molar-refractivity contribution < 1.29 is 9.50 Å². The molecule has 18 heavy (non-hydrogen) atoms. The second kappa shape index (κ2) is 5.59. The number of aromatic nitrogens is 3. The lowest BCUT2D eigenvalue weighted by Gasteiger charge is -2.15. The van der Waals surface area contributed by atoms with E-state index in [9.17, 15) is 9.50 Å². The van der Waals surface area contributed by atoms with Crippen LogP contribution in [0.15, 0.2) is 30.6 Å². The molecule has 0 saturated carbocycles. The molecule has 96 valence electrons. The number of hydrogen-bond donors (Lipinski definition) is 2. The van der Waals surface area contributed by atoms with Crippen LogP contribution in [0.4, 0.5) is 4.39 Å². The molecule has 5 nitrogen and oxygen atoms in total. The lowest BCUT2D eigenvalue weighted by atomic mass is 10.1. The lowest BCUT2D eigenvalue weighted by Crippen LogP contribution is -2.23. The third kappa shape index (κ3) is 3.04. The van der Waals surface area contributed by atoms with Crippen molar-refractivity contribution in [3.05, 3.63) is 42.0 Å². The van der Waals surface area contributed by atoms with Crippen LogP contribution < -0.4 is 5.32 Å². The molecule has 1 unspecified atom stereocenters. The summed E-state index contributed by atoms with van der Waals surface area (Å²) in [6.07, 6.45) is 3.40. The molecule has 0 spiro atoms. The van der Waals surface area contributed by atoms with E-state index in [4.69, 9.17) is 0 Å². The molecule has 1 heterocycles. The quantitative estimate of drug-likeness (QED) is 0.843. The Kier molecular flexibility index (Phi) is 3.88. The molecule has 0 amide bonds. The van der Waals surface area contributed by atoms with Crippen molar-refractivity contribution in [2.24, 2.45) is 0 Å². The van der Waals surface area contributed by atoms with Gasteiger partial charge < -0.3 is 10.4 Å². The Morgan fingerprint density at radius 1 is 1.50 bits per heavy atom. The zero-order chi connectivity index (χ0) is 13.0. The Balaban J connectivity index is 1.89. The molecule has 0 radical (unpaired) electrons. The molecule has 0 saturated heterocycles. The zero-order valence-corrected chi connectivity index (χ0v) is 10.0. The van der Waals surface area contributed by atoms with Gasteiger partial charge in [0.2, 0.25) is 0 Å². The molecule has 2 aromatic rings. The summed E-state index contributed by atoms with van der Waals surface area (Å²) < 4.78 is 14.6. The van der Waals surface area contributed by atoms with E-state index in [1.54, 1.807) is 23.1 Å². The van der Waals surface area contributed by atoms with E-state index in [-0.39, 0.29) is 11.8 Å². The summed E-state index contributed by atoms with van der Waals surface area (Å²) in [6, 6.07) is 3.97. The summed E-state index contributed by atoms with van der Waals surface area (Å²) in [5.41, 5.74) is 0.676. The fraction of sp³-hybridized carbons (Fsp3) is 0.333. The van der Waals surface area contributed by atoms with E-state index in [1.165, 1.54) is 6.07 Å². The monoisotopic (exact) mass is 250 g/mol. The van der Waals surface area contributed by atoms with Crippen molar-refractivity contribution >= 4 is 0 Å². The summed E-state index contributed by atoms with van der Waals surface area (Å²) in [6.45, 7) is 3.28. The van der Waals surface area contributed by atoms with E-state index in [0.717, 1.165) is 6.07 Å². The third-order valence-corrected chi connectivity index (χ3v) is 2.72.